The molecule has 3 aromatic rings. The minimum absolute atomic E-state index is 0.117. The lowest BCUT2D eigenvalue weighted by Crippen LogP contribution is -2.49. The number of halogens is 4. The molecule has 2 fully saturated rings. The second-order valence-electron chi connectivity index (χ2n) is 10.2. The van der Waals surface area contributed by atoms with Gasteiger partial charge in [0.05, 0.1) is 30.2 Å². The molecule has 0 amide bonds. The molecule has 40 heavy (non-hydrogen) atoms. The van der Waals surface area contributed by atoms with Crippen LogP contribution in [0.5, 0.6) is 5.75 Å². The second-order valence-corrected chi connectivity index (χ2v) is 12.2. The van der Waals surface area contributed by atoms with Crippen LogP contribution in [-0.4, -0.2) is 61.2 Å². The van der Waals surface area contributed by atoms with Gasteiger partial charge in [0.2, 0.25) is 15.8 Å². The predicted octanol–water partition coefficient (Wildman–Crippen LogP) is 3.81. The van der Waals surface area contributed by atoms with Gasteiger partial charge in [-0.2, -0.15) is 14.1 Å². The molecule has 2 heterocycles. The van der Waals surface area contributed by atoms with Crippen LogP contribution in [0.1, 0.15) is 23.1 Å². The minimum atomic E-state index is -3.63. The Balaban J connectivity index is 1.38. The van der Waals surface area contributed by atoms with Crippen LogP contribution in [0.3, 0.4) is 0 Å². The number of aromatic nitrogens is 2. The van der Waals surface area contributed by atoms with Crippen LogP contribution in [0.15, 0.2) is 47.4 Å². The first-order valence-corrected chi connectivity index (χ1v) is 14.3. The van der Waals surface area contributed by atoms with Crippen molar-refractivity contribution in [3.8, 4) is 11.4 Å². The summed E-state index contributed by atoms with van der Waals surface area (Å²) in [5, 5.41) is 4.05. The smallest absolute Gasteiger partial charge is 0.316 e. The first-order chi connectivity index (χ1) is 18.8. The molecule has 2 aromatic carbocycles. The third kappa shape index (κ3) is 5.85. The van der Waals surface area contributed by atoms with Crippen LogP contribution in [0.25, 0.3) is 5.69 Å². The van der Waals surface area contributed by atoms with E-state index in [0.29, 0.717) is 11.6 Å². The largest absolute Gasteiger partial charge is 0.486 e. The van der Waals surface area contributed by atoms with E-state index in [4.69, 9.17) is 4.74 Å². The number of anilines is 1. The molecule has 8 nitrogen and oxygen atoms in total. The number of nitrogens with zero attached hydrogens (tertiary/aromatic N) is 4. The van der Waals surface area contributed by atoms with E-state index in [2.05, 4.69) is 5.10 Å². The highest BCUT2D eigenvalue weighted by atomic mass is 32.2. The molecule has 0 N–H and O–H groups in total. The average molecular weight is 581 g/mol. The molecule has 1 unspecified atom stereocenters. The fourth-order valence-electron chi connectivity index (χ4n) is 4.77. The first kappa shape index (κ1) is 28.1. The van der Waals surface area contributed by atoms with Crippen LogP contribution in [0.4, 0.5) is 23.2 Å². The van der Waals surface area contributed by atoms with Crippen molar-refractivity contribution in [2.24, 2.45) is 5.92 Å². The molecule has 0 radical (unpaired) electrons. The summed E-state index contributed by atoms with van der Waals surface area (Å²) in [6.45, 7) is 3.96. The maximum absolute atomic E-state index is 13.8. The minimum Gasteiger partial charge on any atom is -0.486 e. The zero-order valence-electron chi connectivity index (χ0n) is 21.9. The van der Waals surface area contributed by atoms with Crippen molar-refractivity contribution in [1.82, 2.24) is 14.1 Å². The molecule has 1 aromatic heterocycles. The van der Waals surface area contributed by atoms with E-state index < -0.39 is 45.7 Å². The Bertz CT molecular complexity index is 1580. The number of rotatable bonds is 8. The zero-order chi connectivity index (χ0) is 28.8. The number of ether oxygens (including phenoxy) is 1. The van der Waals surface area contributed by atoms with Crippen LogP contribution in [0, 0.1) is 31.4 Å². The van der Waals surface area contributed by atoms with Crippen LogP contribution < -0.4 is 15.2 Å². The van der Waals surface area contributed by atoms with Gasteiger partial charge in [-0.25, -0.2) is 26.0 Å². The maximum Gasteiger partial charge on any atom is 0.316 e. The van der Waals surface area contributed by atoms with E-state index in [1.165, 1.54) is 10.5 Å². The van der Waals surface area contributed by atoms with Gasteiger partial charge in [-0.1, -0.05) is 23.8 Å². The fraction of sp³-hybridized carbons (Fsp3) is 0.407. The third-order valence-corrected chi connectivity index (χ3v) is 9.03. The summed E-state index contributed by atoms with van der Waals surface area (Å²) >= 11 is 0. The van der Waals surface area contributed by atoms with E-state index >= 15 is 0 Å². The van der Waals surface area contributed by atoms with Crippen molar-refractivity contribution in [2.45, 2.75) is 31.9 Å². The van der Waals surface area contributed by atoms with E-state index in [9.17, 15) is 30.8 Å². The Labute approximate surface area is 228 Å². The molecule has 1 aliphatic carbocycles. The highest BCUT2D eigenvalue weighted by Crippen LogP contribution is 2.48. The van der Waals surface area contributed by atoms with Gasteiger partial charge in [-0.3, -0.25) is 4.79 Å². The molecule has 1 aliphatic heterocycles. The Morgan fingerprint density at radius 1 is 1.02 bits per heavy atom. The Morgan fingerprint density at radius 2 is 1.68 bits per heavy atom. The number of benzene rings is 2. The normalized spacial score (nSPS) is 19.1. The van der Waals surface area contributed by atoms with Crippen LogP contribution in [0.2, 0.25) is 0 Å². The van der Waals surface area contributed by atoms with Gasteiger partial charge < -0.3 is 9.64 Å². The molecule has 1 atom stereocenters. The van der Waals surface area contributed by atoms with E-state index in [1.54, 1.807) is 11.0 Å². The Morgan fingerprint density at radius 3 is 2.27 bits per heavy atom. The van der Waals surface area contributed by atoms with E-state index in [-0.39, 0.29) is 55.5 Å². The highest BCUT2D eigenvalue weighted by Gasteiger charge is 2.57. The monoisotopic (exact) mass is 580 g/mol. The van der Waals surface area contributed by atoms with Gasteiger partial charge in [-0.05, 0) is 37.1 Å². The number of hydrogen-bond acceptors (Lipinski definition) is 6. The molecule has 0 bridgehead atoms. The Kier molecular flexibility index (Phi) is 7.38. The summed E-state index contributed by atoms with van der Waals surface area (Å²) in [6, 6.07) is 8.06. The number of hydrogen-bond donors (Lipinski definition) is 0. The lowest BCUT2D eigenvalue weighted by atomic mass is 10.1. The second kappa shape index (κ2) is 10.5. The van der Waals surface area contributed by atoms with Crippen molar-refractivity contribution in [2.75, 3.05) is 37.7 Å². The molecular formula is C27H28F4N4O4S. The standard InChI is InChI=1S/C27H28F4N4O4S/c1-17-3-4-19(18(2)9-17)16-40(37,38)34-7-5-33(6-8-34)24-14-32-35(23-11-21(28)10-22(29)12-23)26(36)25(24)39-15-20-13-27(20,30)31/h3-4,9-12,14,20H,5-8,13,15-16H2,1-2H3. The van der Waals surface area contributed by atoms with Gasteiger partial charge >= 0.3 is 5.56 Å². The Hall–Kier alpha value is -3.45. The zero-order valence-corrected chi connectivity index (χ0v) is 22.7. The quantitative estimate of drug-likeness (QED) is 0.377. The van der Waals surface area contributed by atoms with Crippen molar-refractivity contribution in [3.05, 3.63) is 81.3 Å². The molecule has 1 saturated heterocycles. The van der Waals surface area contributed by atoms with E-state index in [1.807, 2.05) is 26.0 Å². The summed E-state index contributed by atoms with van der Waals surface area (Å²) in [5.74, 6) is -6.23. The maximum atomic E-state index is 13.8. The summed E-state index contributed by atoms with van der Waals surface area (Å²) < 4.78 is 88.6. The molecule has 214 valence electrons. The summed E-state index contributed by atoms with van der Waals surface area (Å²) in [7, 11) is -3.63. The number of aryl methyl sites for hydroxylation is 2. The van der Waals surface area contributed by atoms with Gasteiger partial charge in [-0.15, -0.1) is 0 Å². The van der Waals surface area contributed by atoms with Crippen molar-refractivity contribution < 1.29 is 30.7 Å². The number of piperazine rings is 1. The first-order valence-electron chi connectivity index (χ1n) is 12.7. The molecule has 13 heteroatoms. The van der Waals surface area contributed by atoms with Gasteiger partial charge in [0, 0.05) is 38.7 Å². The predicted molar refractivity (Wildman–Crippen MR) is 141 cm³/mol. The third-order valence-electron chi connectivity index (χ3n) is 7.20. The highest BCUT2D eigenvalue weighted by molar-refractivity contribution is 7.88. The molecule has 5 rings (SSSR count). The summed E-state index contributed by atoms with van der Waals surface area (Å²) in [5.41, 5.74) is 1.74. The average Bonchev–Trinajstić information content (AvgIpc) is 3.50. The number of alkyl halides is 2. The lowest BCUT2D eigenvalue weighted by Gasteiger charge is -2.35. The lowest BCUT2D eigenvalue weighted by molar-refractivity contribution is 0.0853. The SMILES string of the molecule is Cc1ccc(CS(=O)(=O)N2CCN(c3cnn(-c4cc(F)cc(F)c4)c(=O)c3OCC3CC3(F)F)CC2)c(C)c1. The molecule has 2 aliphatic rings. The van der Waals surface area contributed by atoms with E-state index in [0.717, 1.165) is 27.9 Å². The topological polar surface area (TPSA) is 84.7 Å². The fourth-order valence-corrected chi connectivity index (χ4v) is 6.39. The number of sulfonamides is 1. The van der Waals surface area contributed by atoms with Crippen molar-refractivity contribution in [3.63, 3.8) is 0 Å². The van der Waals surface area contributed by atoms with Gasteiger partial charge in [0.15, 0.2) is 0 Å². The summed E-state index contributed by atoms with van der Waals surface area (Å²) in [6.07, 6.45) is 0.887. The molecular weight excluding hydrogens is 552 g/mol. The molecule has 0 spiro atoms. The van der Waals surface area contributed by atoms with Crippen molar-refractivity contribution >= 4 is 15.7 Å². The summed E-state index contributed by atoms with van der Waals surface area (Å²) in [4.78, 5) is 15.0. The van der Waals surface area contributed by atoms with Crippen LogP contribution >= 0.6 is 0 Å². The van der Waals surface area contributed by atoms with Crippen LogP contribution in [-0.2, 0) is 15.8 Å². The van der Waals surface area contributed by atoms with Crippen molar-refractivity contribution in [1.29, 1.82) is 0 Å². The molecule has 1 saturated carbocycles. The van der Waals surface area contributed by atoms with Gasteiger partial charge in [0.25, 0.3) is 5.92 Å². The van der Waals surface area contributed by atoms with Gasteiger partial charge in [0.1, 0.15) is 17.3 Å².